The lowest BCUT2D eigenvalue weighted by Crippen LogP contribution is -3.10. The largest absolute Gasteiger partial charge is 0.463 e. The van der Waals surface area contributed by atoms with Gasteiger partial charge in [0.25, 0.3) is 5.91 Å². The number of rotatable bonds is 10. The summed E-state index contributed by atoms with van der Waals surface area (Å²) in [6, 6.07) is 3.44. The lowest BCUT2D eigenvalue weighted by atomic mass is 10.2. The molecule has 0 bridgehead atoms. The predicted octanol–water partition coefficient (Wildman–Crippen LogP) is -0.206. The Morgan fingerprint density at radius 3 is 2.76 bits per heavy atom. The van der Waals surface area contributed by atoms with E-state index >= 15 is 0 Å². The van der Waals surface area contributed by atoms with Crippen molar-refractivity contribution < 1.29 is 18.7 Å². The van der Waals surface area contributed by atoms with Crippen LogP contribution in [0.3, 0.4) is 0 Å². The smallest absolute Gasteiger partial charge is 0.294 e. The maximum Gasteiger partial charge on any atom is 0.294 e. The van der Waals surface area contributed by atoms with Gasteiger partial charge in [-0.05, 0) is 35.3 Å². The van der Waals surface area contributed by atoms with Crippen molar-refractivity contribution in [3.63, 3.8) is 0 Å². The first kappa shape index (κ1) is 20.2. The van der Waals surface area contributed by atoms with Gasteiger partial charge in [0, 0.05) is 0 Å². The highest BCUT2D eigenvalue weighted by molar-refractivity contribution is 5.94. The number of carbonyl (C=O) groups is 1. The van der Waals surface area contributed by atoms with E-state index < -0.39 is 5.91 Å². The molecule has 154 valence electrons. The Balaban J connectivity index is 1.88. The van der Waals surface area contributed by atoms with Gasteiger partial charge in [0.05, 0.1) is 25.6 Å². The van der Waals surface area contributed by atoms with Gasteiger partial charge in [-0.2, -0.15) is 9.78 Å². The summed E-state index contributed by atoms with van der Waals surface area (Å²) < 4.78 is 11.2. The Hall–Kier alpha value is -3.54. The summed E-state index contributed by atoms with van der Waals surface area (Å²) in [5.41, 5.74) is 8.94. The van der Waals surface area contributed by atoms with Crippen molar-refractivity contribution in [1.29, 1.82) is 0 Å². The molecule has 29 heavy (non-hydrogen) atoms. The van der Waals surface area contributed by atoms with E-state index in [2.05, 4.69) is 49.6 Å². The number of nitrogens with two attached hydrogens (primary N) is 1. The molecule has 0 aromatic carbocycles. The molecule has 0 saturated heterocycles. The van der Waals surface area contributed by atoms with Gasteiger partial charge in [0.15, 0.2) is 5.69 Å². The van der Waals surface area contributed by atoms with Gasteiger partial charge in [-0.25, -0.2) is 10.1 Å². The maximum atomic E-state index is 12.7. The number of hydrogen-bond acceptors (Lipinski definition) is 9. The molecule has 4 N–H and O–H groups in total. The Kier molecular flexibility index (Phi) is 6.68. The molecule has 3 aromatic heterocycles. The third-order valence-electron chi connectivity index (χ3n) is 4.20. The van der Waals surface area contributed by atoms with Gasteiger partial charge in [-0.15, -0.1) is 5.10 Å². The molecule has 0 atom stereocenters. The fourth-order valence-electron chi connectivity index (χ4n) is 2.96. The molecule has 0 aliphatic heterocycles. The van der Waals surface area contributed by atoms with Crippen molar-refractivity contribution in [1.82, 2.24) is 30.7 Å². The highest BCUT2D eigenvalue weighted by Gasteiger charge is 2.26. The summed E-state index contributed by atoms with van der Waals surface area (Å²) in [5, 5.41) is 19.3. The zero-order valence-corrected chi connectivity index (χ0v) is 16.3. The minimum absolute atomic E-state index is 0.0616. The molecule has 3 rings (SSSR count). The summed E-state index contributed by atoms with van der Waals surface area (Å²) in [4.78, 5) is 14.0. The minimum atomic E-state index is -0.503. The highest BCUT2D eigenvalue weighted by Crippen LogP contribution is 2.15. The summed E-state index contributed by atoms with van der Waals surface area (Å²) in [5.74, 6) is 0.262. The van der Waals surface area contributed by atoms with Crippen LogP contribution in [0, 0.1) is 0 Å². The Labute approximate surface area is 166 Å². The van der Waals surface area contributed by atoms with Crippen LogP contribution in [0.25, 0.3) is 5.82 Å². The van der Waals surface area contributed by atoms with Gasteiger partial charge in [0.2, 0.25) is 11.6 Å². The van der Waals surface area contributed by atoms with Gasteiger partial charge >= 0.3 is 0 Å². The van der Waals surface area contributed by atoms with E-state index in [4.69, 9.17) is 10.2 Å². The van der Waals surface area contributed by atoms with Crippen LogP contribution in [0.4, 0.5) is 5.82 Å². The summed E-state index contributed by atoms with van der Waals surface area (Å²) in [6.45, 7) is 6.60. The molecule has 0 aliphatic rings. The normalized spacial score (nSPS) is 11.6. The first-order valence-corrected chi connectivity index (χ1v) is 9.37. The number of carbonyl (C=O) groups excluding carboxylic acids is 1. The van der Waals surface area contributed by atoms with Crippen LogP contribution in [0.5, 0.6) is 0 Å². The van der Waals surface area contributed by atoms with Crippen molar-refractivity contribution in [2.45, 2.75) is 33.2 Å². The van der Waals surface area contributed by atoms with Crippen molar-refractivity contribution in [2.24, 2.45) is 5.10 Å². The number of anilines is 1. The van der Waals surface area contributed by atoms with Crippen LogP contribution in [-0.2, 0) is 6.54 Å². The third kappa shape index (κ3) is 4.85. The van der Waals surface area contributed by atoms with Gasteiger partial charge < -0.3 is 15.1 Å². The molecule has 0 aliphatic carbocycles. The number of nitrogens with zero attached hydrogens (tertiary/aromatic N) is 6. The zero-order valence-electron chi connectivity index (χ0n) is 16.3. The molecule has 12 nitrogen and oxygen atoms in total. The van der Waals surface area contributed by atoms with Crippen LogP contribution >= 0.6 is 0 Å². The van der Waals surface area contributed by atoms with Crippen LogP contribution in [0.15, 0.2) is 32.5 Å². The van der Waals surface area contributed by atoms with E-state index in [1.165, 1.54) is 22.1 Å². The Morgan fingerprint density at radius 2 is 2.14 bits per heavy atom. The fraction of sp³-hybridized carbons (Fsp3) is 0.412. The second-order valence-electron chi connectivity index (χ2n) is 6.41. The predicted molar refractivity (Wildman–Crippen MR) is 102 cm³/mol. The average molecular weight is 402 g/mol. The number of nitrogen functional groups attached to an aromatic ring is 1. The maximum absolute atomic E-state index is 12.7. The molecular weight excluding hydrogens is 378 g/mol. The van der Waals surface area contributed by atoms with Crippen molar-refractivity contribution in [2.75, 3.05) is 18.8 Å². The van der Waals surface area contributed by atoms with E-state index in [-0.39, 0.29) is 17.3 Å². The molecule has 0 unspecified atom stereocenters. The monoisotopic (exact) mass is 402 g/mol. The van der Waals surface area contributed by atoms with Crippen molar-refractivity contribution >= 4 is 17.9 Å². The standard InChI is InChI=1S/C17H23N9O3/c1-3-7-25(8-4-2)11-13-14(17(27)21-19-10-12-6-5-9-28-12)20-24-26(13)16-15(18)22-29-23-16/h5-6,9-10H,3-4,7-8,11H2,1-2H3,(H2,18,22)(H,21,27)/p+1. The number of furan rings is 1. The zero-order chi connectivity index (χ0) is 20.6. The van der Waals surface area contributed by atoms with E-state index in [1.54, 1.807) is 12.1 Å². The lowest BCUT2D eigenvalue weighted by Gasteiger charge is -2.18. The number of hydrazone groups is 1. The van der Waals surface area contributed by atoms with E-state index in [1.807, 2.05) is 0 Å². The highest BCUT2D eigenvalue weighted by atomic mass is 16.6. The molecule has 12 heteroatoms. The van der Waals surface area contributed by atoms with Crippen molar-refractivity contribution in [3.05, 3.63) is 35.5 Å². The minimum Gasteiger partial charge on any atom is -0.463 e. The molecule has 0 fully saturated rings. The Bertz CT molecular complexity index is 939. The summed E-state index contributed by atoms with van der Waals surface area (Å²) in [7, 11) is 0. The molecule has 0 saturated carbocycles. The second kappa shape index (κ2) is 9.59. The topological polar surface area (TPSA) is 155 Å². The van der Waals surface area contributed by atoms with Gasteiger partial charge in [-0.1, -0.05) is 19.1 Å². The molecule has 0 spiro atoms. The van der Waals surface area contributed by atoms with E-state index in [9.17, 15) is 4.79 Å². The van der Waals surface area contributed by atoms with Gasteiger partial charge in [-0.3, -0.25) is 4.79 Å². The quantitative estimate of drug-likeness (QED) is 0.311. The first-order chi connectivity index (χ1) is 14.1. The fourth-order valence-corrected chi connectivity index (χ4v) is 2.96. The summed E-state index contributed by atoms with van der Waals surface area (Å²) >= 11 is 0. The third-order valence-corrected chi connectivity index (χ3v) is 4.20. The van der Waals surface area contributed by atoms with Crippen molar-refractivity contribution in [3.8, 4) is 5.82 Å². The number of amides is 1. The number of nitrogens with one attached hydrogen (secondary N) is 2. The van der Waals surface area contributed by atoms with Crippen LogP contribution in [0.1, 0.15) is 48.6 Å². The first-order valence-electron chi connectivity index (χ1n) is 9.37. The van der Waals surface area contributed by atoms with E-state index in [0.717, 1.165) is 25.9 Å². The lowest BCUT2D eigenvalue weighted by molar-refractivity contribution is -0.914. The number of hydrogen-bond donors (Lipinski definition) is 3. The Morgan fingerprint density at radius 1 is 1.34 bits per heavy atom. The van der Waals surface area contributed by atoms with E-state index in [0.29, 0.717) is 18.0 Å². The number of aromatic nitrogens is 5. The molecule has 3 aromatic rings. The molecule has 1 amide bonds. The number of quaternary nitrogens is 1. The SMILES string of the molecule is CCC[NH+](CCC)Cc1c(C(=O)NN=Cc2ccco2)nnn1-c1nonc1N. The van der Waals surface area contributed by atoms with Crippen LogP contribution in [0.2, 0.25) is 0 Å². The summed E-state index contributed by atoms with van der Waals surface area (Å²) in [6.07, 6.45) is 4.91. The van der Waals surface area contributed by atoms with Gasteiger partial charge in [0.1, 0.15) is 18.0 Å². The average Bonchev–Trinajstić information content (AvgIpc) is 3.43. The van der Waals surface area contributed by atoms with Crippen LogP contribution in [-0.4, -0.2) is 50.5 Å². The van der Waals surface area contributed by atoms with Crippen LogP contribution < -0.4 is 16.1 Å². The molecule has 3 heterocycles. The second-order valence-corrected chi connectivity index (χ2v) is 6.41. The molecule has 0 radical (unpaired) electrons. The molecular formula is C17H24N9O3+.